The zero-order chi connectivity index (χ0) is 16.9. The van der Waals surface area contributed by atoms with Gasteiger partial charge in [-0.1, -0.05) is 0 Å². The van der Waals surface area contributed by atoms with Gasteiger partial charge in [0.1, 0.15) is 11.3 Å². The molecule has 1 aromatic heterocycles. The van der Waals surface area contributed by atoms with Gasteiger partial charge in [0, 0.05) is 18.9 Å². The van der Waals surface area contributed by atoms with Crippen LogP contribution in [0, 0.1) is 0 Å². The molecule has 0 aromatic carbocycles. The fourth-order valence-corrected chi connectivity index (χ4v) is 2.39. The molecular weight excluding hydrogens is 298 g/mol. The number of hydrogen-bond acceptors (Lipinski definition) is 6. The zero-order valence-electron chi connectivity index (χ0n) is 14.2. The van der Waals surface area contributed by atoms with E-state index in [4.69, 9.17) is 14.2 Å². The van der Waals surface area contributed by atoms with Gasteiger partial charge in [0.15, 0.2) is 0 Å². The quantitative estimate of drug-likeness (QED) is 0.847. The number of carbonyl (C=O) groups is 1. The van der Waals surface area contributed by atoms with E-state index in [9.17, 15) is 4.79 Å². The lowest BCUT2D eigenvalue weighted by Crippen LogP contribution is -2.45. The van der Waals surface area contributed by atoms with Crippen molar-refractivity contribution in [3.05, 3.63) is 18.1 Å². The largest absolute Gasteiger partial charge is 0.480 e. The number of piperidine rings is 1. The monoisotopic (exact) mass is 323 g/mol. The van der Waals surface area contributed by atoms with E-state index in [1.54, 1.807) is 24.4 Å². The lowest BCUT2D eigenvalue weighted by Gasteiger charge is -2.34. The van der Waals surface area contributed by atoms with Gasteiger partial charge >= 0.3 is 6.09 Å². The number of methoxy groups -OCH3 is 1. The predicted octanol–water partition coefficient (Wildman–Crippen LogP) is 2.40. The zero-order valence-corrected chi connectivity index (χ0v) is 14.2. The molecule has 2 heterocycles. The Hall–Kier alpha value is -1.89. The van der Waals surface area contributed by atoms with Crippen LogP contribution in [0.25, 0.3) is 0 Å². The van der Waals surface area contributed by atoms with Gasteiger partial charge in [0.05, 0.1) is 26.4 Å². The molecule has 1 saturated heterocycles. The molecule has 1 aliphatic rings. The van der Waals surface area contributed by atoms with Crippen LogP contribution in [0.15, 0.2) is 12.4 Å². The Morgan fingerprint density at radius 1 is 1.35 bits per heavy atom. The molecule has 2 rings (SSSR count). The number of carbonyl (C=O) groups excluding carboxylic acids is 1. The molecule has 1 fully saturated rings. The number of aromatic nitrogens is 2. The van der Waals surface area contributed by atoms with Crippen LogP contribution < -0.4 is 4.74 Å². The second-order valence-electron chi connectivity index (χ2n) is 6.51. The predicted molar refractivity (Wildman–Crippen MR) is 84.2 cm³/mol. The van der Waals surface area contributed by atoms with Gasteiger partial charge < -0.3 is 19.1 Å². The van der Waals surface area contributed by atoms with Gasteiger partial charge in [0.2, 0.25) is 5.88 Å². The number of ether oxygens (including phenoxy) is 3. The van der Waals surface area contributed by atoms with E-state index < -0.39 is 5.60 Å². The molecule has 0 saturated carbocycles. The molecule has 1 aliphatic heterocycles. The van der Waals surface area contributed by atoms with Gasteiger partial charge in [-0.2, -0.15) is 0 Å². The van der Waals surface area contributed by atoms with E-state index >= 15 is 0 Å². The molecule has 7 heteroatoms. The van der Waals surface area contributed by atoms with Gasteiger partial charge in [0.25, 0.3) is 0 Å². The Morgan fingerprint density at radius 3 is 2.78 bits per heavy atom. The van der Waals surface area contributed by atoms with Crippen LogP contribution in [0.2, 0.25) is 0 Å². The third-order valence-electron chi connectivity index (χ3n) is 3.41. The normalized spacial score (nSPS) is 18.6. The number of nitrogens with zero attached hydrogens (tertiary/aromatic N) is 3. The first-order chi connectivity index (χ1) is 10.9. The maximum absolute atomic E-state index is 12.1. The molecule has 0 bridgehead atoms. The van der Waals surface area contributed by atoms with Crippen LogP contribution in [0.1, 0.15) is 39.3 Å². The highest BCUT2D eigenvalue weighted by atomic mass is 16.6. The van der Waals surface area contributed by atoms with Crippen LogP contribution in [-0.4, -0.2) is 52.9 Å². The first-order valence-electron chi connectivity index (χ1n) is 7.82. The summed E-state index contributed by atoms with van der Waals surface area (Å²) in [5.41, 5.74) is 0.169. The van der Waals surface area contributed by atoms with Crippen LogP contribution in [0.3, 0.4) is 0 Å². The summed E-state index contributed by atoms with van der Waals surface area (Å²) in [5.74, 6) is 0.465. The summed E-state index contributed by atoms with van der Waals surface area (Å²) in [6.45, 7) is 7.13. The van der Waals surface area contributed by atoms with Crippen molar-refractivity contribution in [3.8, 4) is 5.88 Å². The van der Waals surface area contributed by atoms with Crippen molar-refractivity contribution in [1.82, 2.24) is 14.9 Å². The topological polar surface area (TPSA) is 73.8 Å². The SMILES string of the molecule is COc1nccnc1COC1CCCN(C(=O)OC(C)(C)C)C1. The van der Waals surface area contributed by atoms with Crippen molar-refractivity contribution in [3.63, 3.8) is 0 Å². The summed E-state index contributed by atoms with van der Waals surface area (Å²) in [4.78, 5) is 22.2. The number of amides is 1. The Bertz CT molecular complexity index is 530. The van der Waals surface area contributed by atoms with Crippen molar-refractivity contribution in [2.45, 2.75) is 51.9 Å². The second-order valence-corrected chi connectivity index (χ2v) is 6.51. The molecule has 1 amide bonds. The van der Waals surface area contributed by atoms with Gasteiger partial charge in [-0.15, -0.1) is 0 Å². The molecule has 0 aliphatic carbocycles. The van der Waals surface area contributed by atoms with Crippen LogP contribution in [0.4, 0.5) is 4.79 Å². The number of rotatable bonds is 4. The average molecular weight is 323 g/mol. The van der Waals surface area contributed by atoms with E-state index in [2.05, 4.69) is 9.97 Å². The average Bonchev–Trinajstić information content (AvgIpc) is 2.52. The van der Waals surface area contributed by atoms with E-state index in [1.165, 1.54) is 0 Å². The lowest BCUT2D eigenvalue weighted by atomic mass is 10.1. The van der Waals surface area contributed by atoms with Crippen molar-refractivity contribution < 1.29 is 19.0 Å². The van der Waals surface area contributed by atoms with Crippen molar-refractivity contribution in [2.24, 2.45) is 0 Å². The molecule has 0 spiro atoms. The molecule has 128 valence electrons. The summed E-state index contributed by atoms with van der Waals surface area (Å²) in [5, 5.41) is 0. The molecule has 1 aromatic rings. The molecule has 1 atom stereocenters. The Morgan fingerprint density at radius 2 is 2.09 bits per heavy atom. The minimum absolute atomic E-state index is 0.0389. The van der Waals surface area contributed by atoms with Crippen LogP contribution in [-0.2, 0) is 16.1 Å². The smallest absolute Gasteiger partial charge is 0.410 e. The van der Waals surface area contributed by atoms with Crippen molar-refractivity contribution >= 4 is 6.09 Å². The summed E-state index contributed by atoms with van der Waals surface area (Å²) in [6, 6.07) is 0. The lowest BCUT2D eigenvalue weighted by molar-refractivity contribution is -0.0271. The van der Waals surface area contributed by atoms with Gasteiger partial charge in [-0.05, 0) is 33.6 Å². The summed E-state index contributed by atoms with van der Waals surface area (Å²) in [6.07, 6.45) is 4.65. The number of likely N-dealkylation sites (tertiary alicyclic amines) is 1. The molecule has 1 unspecified atom stereocenters. The summed E-state index contributed by atoms with van der Waals surface area (Å²) in [7, 11) is 1.55. The molecule has 23 heavy (non-hydrogen) atoms. The van der Waals surface area contributed by atoms with E-state index in [1.807, 2.05) is 20.8 Å². The maximum atomic E-state index is 12.1. The minimum atomic E-state index is -0.488. The van der Waals surface area contributed by atoms with E-state index in [0.29, 0.717) is 31.3 Å². The Labute approximate surface area is 137 Å². The maximum Gasteiger partial charge on any atom is 0.410 e. The first kappa shape index (κ1) is 17.5. The van der Waals surface area contributed by atoms with Crippen molar-refractivity contribution in [1.29, 1.82) is 0 Å². The fourth-order valence-electron chi connectivity index (χ4n) is 2.39. The van der Waals surface area contributed by atoms with Crippen LogP contribution >= 0.6 is 0 Å². The Kier molecular flexibility index (Phi) is 5.76. The molecular formula is C16H25N3O4. The third kappa shape index (κ3) is 5.35. The summed E-state index contributed by atoms with van der Waals surface area (Å²) >= 11 is 0. The van der Waals surface area contributed by atoms with Crippen LogP contribution in [0.5, 0.6) is 5.88 Å². The molecule has 0 radical (unpaired) electrons. The molecule has 0 N–H and O–H groups in total. The molecule has 7 nitrogen and oxygen atoms in total. The highest BCUT2D eigenvalue weighted by Gasteiger charge is 2.28. The fraction of sp³-hybridized carbons (Fsp3) is 0.688. The third-order valence-corrected chi connectivity index (χ3v) is 3.41. The standard InChI is InChI=1S/C16H25N3O4/c1-16(2,3)23-15(20)19-9-5-6-12(10-19)22-11-13-14(21-4)18-8-7-17-13/h7-8,12H,5-6,9-11H2,1-4H3. The van der Waals surface area contributed by atoms with Crippen molar-refractivity contribution in [2.75, 3.05) is 20.2 Å². The highest BCUT2D eigenvalue weighted by Crippen LogP contribution is 2.19. The highest BCUT2D eigenvalue weighted by molar-refractivity contribution is 5.68. The number of hydrogen-bond donors (Lipinski definition) is 0. The van der Waals surface area contributed by atoms with Gasteiger partial charge in [-0.3, -0.25) is 4.98 Å². The Balaban J connectivity index is 1.88. The minimum Gasteiger partial charge on any atom is -0.480 e. The first-order valence-corrected chi connectivity index (χ1v) is 7.82. The van der Waals surface area contributed by atoms with E-state index in [0.717, 1.165) is 12.8 Å². The second kappa shape index (κ2) is 7.59. The van der Waals surface area contributed by atoms with Gasteiger partial charge in [-0.25, -0.2) is 9.78 Å². The summed E-state index contributed by atoms with van der Waals surface area (Å²) < 4.78 is 16.5. The van der Waals surface area contributed by atoms with E-state index in [-0.39, 0.29) is 12.2 Å².